The van der Waals surface area contributed by atoms with Crippen molar-refractivity contribution in [2.45, 2.75) is 6.92 Å². The summed E-state index contributed by atoms with van der Waals surface area (Å²) in [5, 5.41) is 23.0. The number of nitrogens with one attached hydrogen (secondary N) is 1. The summed E-state index contributed by atoms with van der Waals surface area (Å²) < 4.78 is 5.46. The van der Waals surface area contributed by atoms with E-state index in [-0.39, 0.29) is 18.1 Å². The van der Waals surface area contributed by atoms with Crippen molar-refractivity contribution >= 4 is 12.1 Å². The monoisotopic (exact) mass is 376 g/mol. The van der Waals surface area contributed by atoms with E-state index in [9.17, 15) is 15.0 Å². The fraction of sp³-hybridized carbons (Fsp3) is 0.0909. The lowest BCUT2D eigenvalue weighted by molar-refractivity contribution is -0.123. The number of ether oxygens (including phenoxy) is 1. The van der Waals surface area contributed by atoms with E-state index in [1.54, 1.807) is 19.1 Å². The van der Waals surface area contributed by atoms with Gasteiger partial charge in [-0.25, -0.2) is 5.43 Å². The number of nitrogens with zero attached hydrogens (tertiary/aromatic N) is 1. The third kappa shape index (κ3) is 4.88. The minimum Gasteiger partial charge on any atom is -0.508 e. The van der Waals surface area contributed by atoms with Crippen molar-refractivity contribution in [2.75, 3.05) is 6.61 Å². The van der Waals surface area contributed by atoms with Gasteiger partial charge in [-0.3, -0.25) is 4.79 Å². The SMILES string of the molecule is Cc1cc(O)cc(O)c1C=NNC(=O)COc1ccc(-c2ccccc2)cc1. The Balaban J connectivity index is 1.52. The number of aromatic hydroxyl groups is 2. The van der Waals surface area contributed by atoms with Crippen LogP contribution in [0.3, 0.4) is 0 Å². The molecule has 0 aliphatic heterocycles. The summed E-state index contributed by atoms with van der Waals surface area (Å²) in [5.41, 5.74) is 5.55. The zero-order valence-electron chi connectivity index (χ0n) is 15.3. The van der Waals surface area contributed by atoms with Crippen molar-refractivity contribution in [3.63, 3.8) is 0 Å². The summed E-state index contributed by atoms with van der Waals surface area (Å²) in [6.07, 6.45) is 1.32. The first kappa shape index (κ1) is 19.0. The Kier molecular flexibility index (Phi) is 5.91. The van der Waals surface area contributed by atoms with Crippen molar-refractivity contribution in [3.05, 3.63) is 77.9 Å². The highest BCUT2D eigenvalue weighted by molar-refractivity contribution is 5.87. The number of hydrogen-bond donors (Lipinski definition) is 3. The molecule has 0 atom stereocenters. The van der Waals surface area contributed by atoms with E-state index in [1.807, 2.05) is 42.5 Å². The van der Waals surface area contributed by atoms with Crippen LogP contribution in [0.1, 0.15) is 11.1 Å². The smallest absolute Gasteiger partial charge is 0.277 e. The number of carbonyl (C=O) groups is 1. The van der Waals surface area contributed by atoms with Gasteiger partial charge < -0.3 is 14.9 Å². The van der Waals surface area contributed by atoms with Gasteiger partial charge in [-0.1, -0.05) is 42.5 Å². The van der Waals surface area contributed by atoms with Crippen LogP contribution in [0.5, 0.6) is 17.2 Å². The Bertz CT molecular complexity index is 960. The Morgan fingerprint density at radius 3 is 2.39 bits per heavy atom. The summed E-state index contributed by atoms with van der Waals surface area (Å²) in [7, 11) is 0. The van der Waals surface area contributed by atoms with Gasteiger partial charge in [0.25, 0.3) is 5.91 Å². The van der Waals surface area contributed by atoms with Gasteiger partial charge in [-0.05, 0) is 41.8 Å². The molecule has 6 nitrogen and oxygen atoms in total. The van der Waals surface area contributed by atoms with E-state index in [1.165, 1.54) is 18.3 Å². The molecule has 28 heavy (non-hydrogen) atoms. The number of benzene rings is 3. The number of carbonyl (C=O) groups excluding carboxylic acids is 1. The Morgan fingerprint density at radius 2 is 1.71 bits per heavy atom. The lowest BCUT2D eigenvalue weighted by Gasteiger charge is -2.07. The van der Waals surface area contributed by atoms with Gasteiger partial charge >= 0.3 is 0 Å². The predicted molar refractivity (Wildman–Crippen MR) is 108 cm³/mol. The standard InChI is InChI=1S/C22H20N2O4/c1-15-11-18(25)12-21(26)20(15)13-23-24-22(27)14-28-19-9-7-17(8-10-19)16-5-3-2-4-6-16/h2-13,25-26H,14H2,1H3,(H,24,27). The maximum atomic E-state index is 11.9. The van der Waals surface area contributed by atoms with Gasteiger partial charge in [-0.2, -0.15) is 5.10 Å². The van der Waals surface area contributed by atoms with Crippen LogP contribution < -0.4 is 10.2 Å². The molecule has 0 saturated carbocycles. The molecule has 0 aliphatic carbocycles. The number of amides is 1. The molecular formula is C22H20N2O4. The predicted octanol–water partition coefficient (Wildman–Crippen LogP) is 3.60. The second kappa shape index (κ2) is 8.73. The molecule has 142 valence electrons. The van der Waals surface area contributed by atoms with Gasteiger partial charge in [-0.15, -0.1) is 0 Å². The topological polar surface area (TPSA) is 91.1 Å². The molecule has 0 spiro atoms. The van der Waals surface area contributed by atoms with Crippen molar-refractivity contribution in [1.82, 2.24) is 5.43 Å². The molecule has 0 radical (unpaired) electrons. The van der Waals surface area contributed by atoms with Crippen LogP contribution in [-0.4, -0.2) is 28.9 Å². The van der Waals surface area contributed by atoms with Gasteiger partial charge in [0.2, 0.25) is 0 Å². The van der Waals surface area contributed by atoms with Gasteiger partial charge in [0, 0.05) is 11.6 Å². The molecule has 1 amide bonds. The Labute approximate surface area is 162 Å². The van der Waals surface area contributed by atoms with Crippen LogP contribution >= 0.6 is 0 Å². The van der Waals surface area contributed by atoms with E-state index in [0.29, 0.717) is 16.9 Å². The van der Waals surface area contributed by atoms with Crippen molar-refractivity contribution in [1.29, 1.82) is 0 Å². The lowest BCUT2D eigenvalue weighted by atomic mass is 10.1. The summed E-state index contributed by atoms with van der Waals surface area (Å²) in [6, 6.07) is 20.1. The zero-order valence-corrected chi connectivity index (χ0v) is 15.3. The highest BCUT2D eigenvalue weighted by atomic mass is 16.5. The maximum absolute atomic E-state index is 11.9. The maximum Gasteiger partial charge on any atom is 0.277 e. The third-order valence-corrected chi connectivity index (χ3v) is 4.06. The highest BCUT2D eigenvalue weighted by Crippen LogP contribution is 2.25. The second-order valence-corrected chi connectivity index (χ2v) is 6.17. The number of rotatable bonds is 6. The normalized spacial score (nSPS) is 10.8. The quantitative estimate of drug-likeness (QED) is 0.453. The van der Waals surface area contributed by atoms with Crippen LogP contribution in [0.15, 0.2) is 71.8 Å². The van der Waals surface area contributed by atoms with Crippen LogP contribution in [0.2, 0.25) is 0 Å². The molecule has 3 rings (SSSR count). The summed E-state index contributed by atoms with van der Waals surface area (Å²) >= 11 is 0. The highest BCUT2D eigenvalue weighted by Gasteiger charge is 2.06. The second-order valence-electron chi connectivity index (χ2n) is 6.17. The first-order valence-electron chi connectivity index (χ1n) is 8.65. The number of hydrogen-bond acceptors (Lipinski definition) is 5. The number of phenols is 2. The van der Waals surface area contributed by atoms with E-state index in [0.717, 1.165) is 11.1 Å². The molecule has 0 heterocycles. The molecule has 0 unspecified atom stereocenters. The zero-order chi connectivity index (χ0) is 19.9. The molecule has 0 aromatic heterocycles. The Hall–Kier alpha value is -3.80. The van der Waals surface area contributed by atoms with Crippen LogP contribution in [0.25, 0.3) is 11.1 Å². The number of aryl methyl sites for hydroxylation is 1. The molecule has 3 N–H and O–H groups in total. The minimum atomic E-state index is -0.431. The third-order valence-electron chi connectivity index (χ3n) is 4.06. The van der Waals surface area contributed by atoms with E-state index in [4.69, 9.17) is 4.74 Å². The first-order chi connectivity index (χ1) is 13.5. The average Bonchev–Trinajstić information content (AvgIpc) is 2.69. The molecule has 0 aliphatic rings. The van der Waals surface area contributed by atoms with Crippen LogP contribution in [0, 0.1) is 6.92 Å². The van der Waals surface area contributed by atoms with Gasteiger partial charge in [0.1, 0.15) is 17.2 Å². The number of phenolic OH excluding ortho intramolecular Hbond substituents is 2. The van der Waals surface area contributed by atoms with Crippen molar-refractivity contribution in [2.24, 2.45) is 5.10 Å². The fourth-order valence-electron chi connectivity index (χ4n) is 2.65. The average molecular weight is 376 g/mol. The molecule has 3 aromatic rings. The largest absolute Gasteiger partial charge is 0.508 e. The molecular weight excluding hydrogens is 356 g/mol. The van der Waals surface area contributed by atoms with Crippen LogP contribution in [0.4, 0.5) is 0 Å². The molecule has 0 bridgehead atoms. The lowest BCUT2D eigenvalue weighted by Crippen LogP contribution is -2.24. The summed E-state index contributed by atoms with van der Waals surface area (Å²) in [4.78, 5) is 11.9. The van der Waals surface area contributed by atoms with E-state index >= 15 is 0 Å². The number of hydrazone groups is 1. The fourth-order valence-corrected chi connectivity index (χ4v) is 2.65. The van der Waals surface area contributed by atoms with E-state index < -0.39 is 5.91 Å². The molecule has 0 saturated heterocycles. The van der Waals surface area contributed by atoms with Crippen molar-refractivity contribution < 1.29 is 19.7 Å². The van der Waals surface area contributed by atoms with Gasteiger partial charge in [0.05, 0.1) is 6.21 Å². The summed E-state index contributed by atoms with van der Waals surface area (Å²) in [6.45, 7) is 1.52. The molecule has 6 heteroatoms. The van der Waals surface area contributed by atoms with Gasteiger partial charge in [0.15, 0.2) is 6.61 Å². The molecule has 3 aromatic carbocycles. The van der Waals surface area contributed by atoms with E-state index in [2.05, 4.69) is 10.5 Å². The minimum absolute atomic E-state index is 0.0390. The summed E-state index contributed by atoms with van der Waals surface area (Å²) in [5.74, 6) is -0.0155. The molecule has 0 fully saturated rings. The van der Waals surface area contributed by atoms with Crippen molar-refractivity contribution in [3.8, 4) is 28.4 Å². The Morgan fingerprint density at radius 1 is 1.04 bits per heavy atom. The first-order valence-corrected chi connectivity index (χ1v) is 8.65. The van der Waals surface area contributed by atoms with Crippen LogP contribution in [-0.2, 0) is 4.79 Å².